The second kappa shape index (κ2) is 8.00. The van der Waals surface area contributed by atoms with Crippen LogP contribution in [0.1, 0.15) is 23.6 Å². The summed E-state index contributed by atoms with van der Waals surface area (Å²) in [4.78, 5) is 12.8. The summed E-state index contributed by atoms with van der Waals surface area (Å²) in [5, 5.41) is 2.81. The summed E-state index contributed by atoms with van der Waals surface area (Å²) in [6.45, 7) is 7.28. The van der Waals surface area contributed by atoms with Gasteiger partial charge < -0.3 is 10.1 Å². The molecular formula is C20H26N2O4S. The number of hydrogen-bond donors (Lipinski definition) is 1. The quantitative estimate of drug-likeness (QED) is 0.820. The summed E-state index contributed by atoms with van der Waals surface area (Å²) in [6.07, 6.45) is 1.08. The summed E-state index contributed by atoms with van der Waals surface area (Å²) < 4.78 is 31.4. The molecule has 2 aromatic carbocycles. The fourth-order valence-corrected chi connectivity index (χ4v) is 4.22. The summed E-state index contributed by atoms with van der Waals surface area (Å²) in [6, 6.07) is 9.93. The molecule has 0 aliphatic carbocycles. The Labute approximate surface area is 161 Å². The first kappa shape index (κ1) is 20.8. The van der Waals surface area contributed by atoms with Crippen LogP contribution in [0.3, 0.4) is 0 Å². The molecule has 2 rings (SSSR count). The molecule has 0 fully saturated rings. The van der Waals surface area contributed by atoms with Gasteiger partial charge >= 0.3 is 0 Å². The molecule has 0 saturated heterocycles. The van der Waals surface area contributed by atoms with Crippen molar-refractivity contribution in [3.05, 3.63) is 53.1 Å². The largest absolute Gasteiger partial charge is 0.495 e. The van der Waals surface area contributed by atoms with E-state index in [1.165, 1.54) is 7.11 Å². The van der Waals surface area contributed by atoms with Gasteiger partial charge in [-0.05, 0) is 68.7 Å². The second-order valence-corrected chi connectivity index (χ2v) is 8.64. The molecule has 0 spiro atoms. The lowest BCUT2D eigenvalue weighted by Gasteiger charge is -2.29. The molecule has 1 atom stereocenters. The zero-order chi connectivity index (χ0) is 20.4. The van der Waals surface area contributed by atoms with E-state index in [0.717, 1.165) is 27.3 Å². The van der Waals surface area contributed by atoms with Crippen LogP contribution >= 0.6 is 0 Å². The maximum Gasteiger partial charge on any atom is 0.247 e. The van der Waals surface area contributed by atoms with Gasteiger partial charge in [0, 0.05) is 5.69 Å². The van der Waals surface area contributed by atoms with Crippen LogP contribution in [0.2, 0.25) is 0 Å². The normalized spacial score (nSPS) is 12.4. The number of hydrogen-bond acceptors (Lipinski definition) is 4. The van der Waals surface area contributed by atoms with Crippen LogP contribution in [0.15, 0.2) is 36.4 Å². The standard InChI is InChI=1S/C20H26N2O4S/c1-13-7-8-19(26-5)18(12-13)22(27(6,24)25)16(4)20(23)21-17-10-14(2)9-15(3)11-17/h7-12,16H,1-6H3,(H,21,23)/t16-/m1/s1. The number of methoxy groups -OCH3 is 1. The Morgan fingerprint density at radius 2 is 1.63 bits per heavy atom. The molecule has 0 aromatic heterocycles. The van der Waals surface area contributed by atoms with Gasteiger partial charge in [-0.25, -0.2) is 8.42 Å². The van der Waals surface area contributed by atoms with E-state index in [-0.39, 0.29) is 0 Å². The summed E-state index contributed by atoms with van der Waals surface area (Å²) in [5.41, 5.74) is 3.86. The van der Waals surface area contributed by atoms with Gasteiger partial charge in [-0.15, -0.1) is 0 Å². The second-order valence-electron chi connectivity index (χ2n) is 6.78. The molecule has 2 aromatic rings. The van der Waals surface area contributed by atoms with Crippen LogP contribution in [0.25, 0.3) is 0 Å². The fraction of sp³-hybridized carbons (Fsp3) is 0.350. The van der Waals surface area contributed by atoms with Gasteiger partial charge in [-0.1, -0.05) is 12.1 Å². The van der Waals surface area contributed by atoms with Crippen LogP contribution in [-0.2, 0) is 14.8 Å². The number of nitrogens with zero attached hydrogens (tertiary/aromatic N) is 1. The first-order chi connectivity index (χ1) is 12.5. The maximum atomic E-state index is 12.8. The van der Waals surface area contributed by atoms with Gasteiger partial charge in [0.15, 0.2) is 0 Å². The highest BCUT2D eigenvalue weighted by atomic mass is 32.2. The average molecular weight is 391 g/mol. The van der Waals surface area contributed by atoms with Gasteiger partial charge in [0.1, 0.15) is 11.8 Å². The Kier molecular flexibility index (Phi) is 6.15. The highest BCUT2D eigenvalue weighted by Crippen LogP contribution is 2.32. The van der Waals surface area contributed by atoms with E-state index in [2.05, 4.69) is 5.32 Å². The van der Waals surface area contributed by atoms with Crippen LogP contribution in [0, 0.1) is 20.8 Å². The number of anilines is 2. The number of aryl methyl sites for hydroxylation is 3. The number of sulfonamides is 1. The minimum atomic E-state index is -3.73. The zero-order valence-corrected chi connectivity index (χ0v) is 17.3. The monoisotopic (exact) mass is 390 g/mol. The number of rotatable bonds is 6. The van der Waals surface area contributed by atoms with Crippen LogP contribution in [0.5, 0.6) is 5.75 Å². The van der Waals surface area contributed by atoms with Crippen molar-refractivity contribution in [3.63, 3.8) is 0 Å². The molecule has 0 heterocycles. The third kappa shape index (κ3) is 5.01. The molecule has 1 amide bonds. The van der Waals surface area contributed by atoms with E-state index in [9.17, 15) is 13.2 Å². The molecule has 0 bridgehead atoms. The van der Waals surface area contributed by atoms with Crippen molar-refractivity contribution in [2.45, 2.75) is 33.7 Å². The third-order valence-electron chi connectivity index (χ3n) is 4.15. The van der Waals surface area contributed by atoms with Crippen molar-refractivity contribution < 1.29 is 17.9 Å². The van der Waals surface area contributed by atoms with Crippen LogP contribution in [0.4, 0.5) is 11.4 Å². The molecular weight excluding hydrogens is 364 g/mol. The lowest BCUT2D eigenvalue weighted by Crippen LogP contribution is -2.45. The van der Waals surface area contributed by atoms with E-state index in [1.807, 2.05) is 45.0 Å². The predicted octanol–water partition coefficient (Wildman–Crippen LogP) is 3.41. The van der Waals surface area contributed by atoms with Gasteiger partial charge in [0.2, 0.25) is 15.9 Å². The van der Waals surface area contributed by atoms with E-state index in [0.29, 0.717) is 17.1 Å². The van der Waals surface area contributed by atoms with E-state index < -0.39 is 22.0 Å². The van der Waals surface area contributed by atoms with Crippen LogP contribution in [-0.4, -0.2) is 33.7 Å². The molecule has 146 valence electrons. The van der Waals surface area contributed by atoms with Gasteiger partial charge in [-0.3, -0.25) is 9.10 Å². The first-order valence-electron chi connectivity index (χ1n) is 8.56. The number of carbonyl (C=O) groups excluding carboxylic acids is 1. The fourth-order valence-electron chi connectivity index (χ4n) is 3.05. The van der Waals surface area contributed by atoms with Crippen molar-refractivity contribution in [1.29, 1.82) is 0 Å². The Morgan fingerprint density at radius 3 is 2.15 bits per heavy atom. The lowest BCUT2D eigenvalue weighted by atomic mass is 10.1. The topological polar surface area (TPSA) is 75.7 Å². The number of amides is 1. The van der Waals surface area contributed by atoms with Gasteiger partial charge in [-0.2, -0.15) is 0 Å². The molecule has 0 aliphatic rings. The van der Waals surface area contributed by atoms with Crippen molar-refractivity contribution in [2.75, 3.05) is 23.0 Å². The summed E-state index contributed by atoms with van der Waals surface area (Å²) in [7, 11) is -2.26. The van der Waals surface area contributed by atoms with Crippen molar-refractivity contribution in [3.8, 4) is 5.75 Å². The lowest BCUT2D eigenvalue weighted by molar-refractivity contribution is -0.116. The minimum Gasteiger partial charge on any atom is -0.495 e. The smallest absolute Gasteiger partial charge is 0.247 e. The van der Waals surface area contributed by atoms with Crippen LogP contribution < -0.4 is 14.4 Å². The van der Waals surface area contributed by atoms with Crippen molar-refractivity contribution >= 4 is 27.3 Å². The van der Waals surface area contributed by atoms with E-state index in [1.54, 1.807) is 19.1 Å². The molecule has 1 N–H and O–H groups in total. The van der Waals surface area contributed by atoms with E-state index >= 15 is 0 Å². The Morgan fingerprint density at radius 1 is 1.04 bits per heavy atom. The van der Waals surface area contributed by atoms with Gasteiger partial charge in [0.25, 0.3) is 0 Å². The summed E-state index contributed by atoms with van der Waals surface area (Å²) >= 11 is 0. The number of carbonyl (C=O) groups is 1. The SMILES string of the molecule is COc1ccc(C)cc1N([C@H](C)C(=O)Nc1cc(C)cc(C)c1)S(C)(=O)=O. The molecule has 0 radical (unpaired) electrons. The molecule has 0 unspecified atom stereocenters. The average Bonchev–Trinajstić information content (AvgIpc) is 2.52. The highest BCUT2D eigenvalue weighted by Gasteiger charge is 2.31. The number of benzene rings is 2. The highest BCUT2D eigenvalue weighted by molar-refractivity contribution is 7.92. The van der Waals surface area contributed by atoms with Crippen molar-refractivity contribution in [2.24, 2.45) is 0 Å². The molecule has 0 aliphatic heterocycles. The van der Waals surface area contributed by atoms with E-state index in [4.69, 9.17) is 4.74 Å². The Hall–Kier alpha value is -2.54. The maximum absolute atomic E-state index is 12.8. The number of nitrogens with one attached hydrogen (secondary N) is 1. The van der Waals surface area contributed by atoms with Gasteiger partial charge in [0.05, 0.1) is 19.1 Å². The third-order valence-corrected chi connectivity index (χ3v) is 5.38. The predicted molar refractivity (Wildman–Crippen MR) is 109 cm³/mol. The Bertz CT molecular complexity index is 934. The molecule has 7 heteroatoms. The first-order valence-corrected chi connectivity index (χ1v) is 10.4. The zero-order valence-electron chi connectivity index (χ0n) is 16.5. The Balaban J connectivity index is 2.42. The van der Waals surface area contributed by atoms with Crippen molar-refractivity contribution in [1.82, 2.24) is 0 Å². The minimum absolute atomic E-state index is 0.336. The molecule has 0 saturated carbocycles. The number of ether oxygens (including phenoxy) is 1. The summed E-state index contributed by atoms with van der Waals surface area (Å²) in [5.74, 6) is -0.0361. The molecule has 27 heavy (non-hydrogen) atoms. The molecule has 6 nitrogen and oxygen atoms in total.